The summed E-state index contributed by atoms with van der Waals surface area (Å²) >= 11 is 0. The molecule has 2 heterocycles. The maximum absolute atomic E-state index is 11.0. The van der Waals surface area contributed by atoms with Crippen LogP contribution in [0.1, 0.15) is 24.0 Å². The fourth-order valence-corrected chi connectivity index (χ4v) is 2.32. The van der Waals surface area contributed by atoms with Crippen LogP contribution in [0.5, 0.6) is 0 Å². The lowest BCUT2D eigenvalue weighted by Crippen LogP contribution is -2.38. The number of hydrogen-bond acceptors (Lipinski definition) is 3. The van der Waals surface area contributed by atoms with E-state index >= 15 is 0 Å². The minimum atomic E-state index is -0.666. The van der Waals surface area contributed by atoms with E-state index in [-0.39, 0.29) is 5.92 Å². The summed E-state index contributed by atoms with van der Waals surface area (Å²) in [5.74, 6) is -0.868. The van der Waals surface area contributed by atoms with E-state index in [4.69, 9.17) is 5.11 Å². The number of carboxylic acid groups (broad SMARTS) is 1. The van der Waals surface area contributed by atoms with Crippen molar-refractivity contribution < 1.29 is 9.90 Å². The molecule has 0 radical (unpaired) electrons. The standard InChI is InChI=1S/C13H18N2O2/c1-10-7-14-5-4-11(10)8-15-6-2-3-12(9-15)13(16)17/h4-5,7,12H,2-3,6,8-9H2,1H3,(H,16,17). The predicted octanol–water partition coefficient (Wildman–Crippen LogP) is 1.69. The molecule has 17 heavy (non-hydrogen) atoms. The SMILES string of the molecule is Cc1cnccc1CN1CCCC(C(=O)O)C1. The van der Waals surface area contributed by atoms with Crippen molar-refractivity contribution in [3.8, 4) is 0 Å². The number of pyridine rings is 1. The van der Waals surface area contributed by atoms with Crippen molar-refractivity contribution in [3.05, 3.63) is 29.6 Å². The Hall–Kier alpha value is -1.42. The van der Waals surface area contributed by atoms with Crippen LogP contribution in [-0.4, -0.2) is 34.0 Å². The van der Waals surface area contributed by atoms with Crippen LogP contribution in [0.4, 0.5) is 0 Å². The number of likely N-dealkylation sites (tertiary alicyclic amines) is 1. The molecule has 0 saturated carbocycles. The summed E-state index contributed by atoms with van der Waals surface area (Å²) in [5.41, 5.74) is 2.41. The molecule has 1 atom stereocenters. The van der Waals surface area contributed by atoms with Gasteiger partial charge in [-0.3, -0.25) is 14.7 Å². The molecule has 0 bridgehead atoms. The summed E-state index contributed by atoms with van der Waals surface area (Å²) in [6.07, 6.45) is 5.43. The maximum Gasteiger partial charge on any atom is 0.307 e. The number of nitrogens with zero attached hydrogens (tertiary/aromatic N) is 2. The van der Waals surface area contributed by atoms with E-state index in [1.165, 1.54) is 11.1 Å². The highest BCUT2D eigenvalue weighted by Crippen LogP contribution is 2.19. The van der Waals surface area contributed by atoms with Crippen LogP contribution < -0.4 is 0 Å². The van der Waals surface area contributed by atoms with Crippen LogP contribution >= 0.6 is 0 Å². The number of carbonyl (C=O) groups is 1. The number of hydrogen-bond donors (Lipinski definition) is 1. The van der Waals surface area contributed by atoms with Gasteiger partial charge in [-0.05, 0) is 43.5 Å². The normalized spacial score (nSPS) is 21.4. The molecule has 1 unspecified atom stereocenters. The van der Waals surface area contributed by atoms with Gasteiger partial charge in [0.25, 0.3) is 0 Å². The zero-order valence-corrected chi connectivity index (χ0v) is 10.1. The first-order chi connectivity index (χ1) is 8.16. The van der Waals surface area contributed by atoms with Crippen molar-refractivity contribution in [3.63, 3.8) is 0 Å². The minimum Gasteiger partial charge on any atom is -0.481 e. The summed E-state index contributed by atoms with van der Waals surface area (Å²) < 4.78 is 0. The molecule has 2 rings (SSSR count). The number of aromatic nitrogens is 1. The molecule has 1 aliphatic heterocycles. The highest BCUT2D eigenvalue weighted by atomic mass is 16.4. The smallest absolute Gasteiger partial charge is 0.307 e. The highest BCUT2D eigenvalue weighted by Gasteiger charge is 2.25. The van der Waals surface area contributed by atoms with Gasteiger partial charge in [-0.15, -0.1) is 0 Å². The number of aliphatic carboxylic acids is 1. The molecule has 1 aliphatic rings. The van der Waals surface area contributed by atoms with Gasteiger partial charge in [-0.2, -0.15) is 0 Å². The van der Waals surface area contributed by atoms with Crippen molar-refractivity contribution >= 4 is 5.97 Å². The van der Waals surface area contributed by atoms with E-state index in [0.29, 0.717) is 6.54 Å². The van der Waals surface area contributed by atoms with Gasteiger partial charge < -0.3 is 5.11 Å². The van der Waals surface area contributed by atoms with Gasteiger partial charge in [0.15, 0.2) is 0 Å². The number of carboxylic acids is 1. The third kappa shape index (κ3) is 3.03. The lowest BCUT2D eigenvalue weighted by atomic mass is 9.97. The molecule has 1 aromatic rings. The van der Waals surface area contributed by atoms with Crippen molar-refractivity contribution in [2.24, 2.45) is 5.92 Å². The molecule has 1 N–H and O–H groups in total. The van der Waals surface area contributed by atoms with Crippen LogP contribution in [0.25, 0.3) is 0 Å². The van der Waals surface area contributed by atoms with E-state index in [9.17, 15) is 4.79 Å². The fraction of sp³-hybridized carbons (Fsp3) is 0.538. The summed E-state index contributed by atoms with van der Waals surface area (Å²) in [7, 11) is 0. The first-order valence-corrected chi connectivity index (χ1v) is 6.01. The quantitative estimate of drug-likeness (QED) is 0.864. The molecular weight excluding hydrogens is 216 g/mol. The summed E-state index contributed by atoms with van der Waals surface area (Å²) in [6, 6.07) is 2.01. The monoisotopic (exact) mass is 234 g/mol. The Morgan fingerprint density at radius 3 is 3.18 bits per heavy atom. The number of aryl methyl sites for hydroxylation is 1. The lowest BCUT2D eigenvalue weighted by molar-refractivity contribution is -0.143. The average molecular weight is 234 g/mol. The predicted molar refractivity (Wildman–Crippen MR) is 64.6 cm³/mol. The third-order valence-electron chi connectivity index (χ3n) is 3.39. The maximum atomic E-state index is 11.0. The first-order valence-electron chi connectivity index (χ1n) is 6.01. The van der Waals surface area contributed by atoms with Crippen molar-refractivity contribution in [1.29, 1.82) is 0 Å². The Morgan fingerprint density at radius 1 is 1.65 bits per heavy atom. The van der Waals surface area contributed by atoms with Crippen molar-refractivity contribution in [2.75, 3.05) is 13.1 Å². The Balaban J connectivity index is 1.99. The molecule has 1 aromatic heterocycles. The number of rotatable bonds is 3. The third-order valence-corrected chi connectivity index (χ3v) is 3.39. The lowest BCUT2D eigenvalue weighted by Gasteiger charge is -2.30. The molecule has 1 fully saturated rings. The van der Waals surface area contributed by atoms with Crippen molar-refractivity contribution in [2.45, 2.75) is 26.3 Å². The second kappa shape index (κ2) is 5.27. The van der Waals surface area contributed by atoms with E-state index in [2.05, 4.69) is 9.88 Å². The summed E-state index contributed by atoms with van der Waals surface area (Å²) in [6.45, 7) is 4.53. The zero-order valence-electron chi connectivity index (χ0n) is 10.1. The number of piperidine rings is 1. The molecule has 92 valence electrons. The second-order valence-corrected chi connectivity index (χ2v) is 4.71. The van der Waals surface area contributed by atoms with Crippen molar-refractivity contribution in [1.82, 2.24) is 9.88 Å². The van der Waals surface area contributed by atoms with E-state index in [0.717, 1.165) is 25.9 Å². The van der Waals surface area contributed by atoms with Gasteiger partial charge in [0.1, 0.15) is 0 Å². The van der Waals surface area contributed by atoms with E-state index < -0.39 is 5.97 Å². The molecule has 4 heteroatoms. The molecule has 0 aromatic carbocycles. The molecule has 0 amide bonds. The highest BCUT2D eigenvalue weighted by molar-refractivity contribution is 5.70. The zero-order chi connectivity index (χ0) is 12.3. The van der Waals surface area contributed by atoms with Crippen LogP contribution in [0.2, 0.25) is 0 Å². The van der Waals surface area contributed by atoms with Gasteiger partial charge in [-0.25, -0.2) is 0 Å². The minimum absolute atomic E-state index is 0.203. The fourth-order valence-electron chi connectivity index (χ4n) is 2.32. The van der Waals surface area contributed by atoms with Gasteiger partial charge in [0.2, 0.25) is 0 Å². The largest absolute Gasteiger partial charge is 0.481 e. The Bertz CT molecular complexity index is 406. The summed E-state index contributed by atoms with van der Waals surface area (Å²) in [5, 5.41) is 9.04. The molecular formula is C13H18N2O2. The topological polar surface area (TPSA) is 53.4 Å². The van der Waals surface area contributed by atoms with Gasteiger partial charge in [-0.1, -0.05) is 0 Å². The van der Waals surface area contributed by atoms with Gasteiger partial charge in [0, 0.05) is 25.5 Å². The first kappa shape index (κ1) is 12.0. The van der Waals surface area contributed by atoms with Crippen LogP contribution in [0.3, 0.4) is 0 Å². The molecule has 4 nitrogen and oxygen atoms in total. The van der Waals surface area contributed by atoms with Crippen LogP contribution in [0, 0.1) is 12.8 Å². The Labute approximate surface area is 101 Å². The molecule has 0 aliphatic carbocycles. The summed E-state index contributed by atoms with van der Waals surface area (Å²) in [4.78, 5) is 17.3. The molecule has 0 spiro atoms. The Morgan fingerprint density at radius 2 is 2.47 bits per heavy atom. The second-order valence-electron chi connectivity index (χ2n) is 4.71. The van der Waals surface area contributed by atoms with Gasteiger partial charge in [0.05, 0.1) is 5.92 Å². The van der Waals surface area contributed by atoms with E-state index in [1.54, 1.807) is 6.20 Å². The van der Waals surface area contributed by atoms with Crippen LogP contribution in [0.15, 0.2) is 18.5 Å². The van der Waals surface area contributed by atoms with E-state index in [1.807, 2.05) is 19.2 Å². The average Bonchev–Trinajstić information content (AvgIpc) is 2.32. The van der Waals surface area contributed by atoms with Gasteiger partial charge >= 0.3 is 5.97 Å². The van der Waals surface area contributed by atoms with Crippen LogP contribution in [-0.2, 0) is 11.3 Å². The molecule has 1 saturated heterocycles. The Kier molecular flexibility index (Phi) is 3.74.